The molecule has 2 aromatic heterocycles. The fraction of sp³-hybridized carbons (Fsp3) is 0.125. The molecule has 0 atom stereocenters. The lowest BCUT2D eigenvalue weighted by Crippen LogP contribution is -2.07. The highest BCUT2D eigenvalue weighted by molar-refractivity contribution is 7.23. The molecule has 31 heavy (non-hydrogen) atoms. The van der Waals surface area contributed by atoms with E-state index in [2.05, 4.69) is 5.32 Å². The number of esters is 1. The average molecular weight is 449 g/mol. The predicted octanol–water partition coefficient (Wildman–Crippen LogP) is 6.16. The van der Waals surface area contributed by atoms with Crippen LogP contribution in [0.1, 0.15) is 27.7 Å². The second-order valence-electron chi connectivity index (χ2n) is 6.70. The fourth-order valence-electron chi connectivity index (χ4n) is 3.12. The van der Waals surface area contributed by atoms with Crippen molar-refractivity contribution in [3.8, 4) is 10.6 Å². The summed E-state index contributed by atoms with van der Waals surface area (Å²) in [5.74, 6) is -0.671. The van der Waals surface area contributed by atoms with Gasteiger partial charge in [-0.15, -0.1) is 22.7 Å². The molecule has 0 saturated carbocycles. The van der Waals surface area contributed by atoms with E-state index in [1.165, 1.54) is 28.7 Å². The molecule has 5 nitrogen and oxygen atoms in total. The zero-order valence-electron chi connectivity index (χ0n) is 17.0. The number of fused-ring (bicyclic) bond motifs is 1. The highest BCUT2D eigenvalue weighted by atomic mass is 32.1. The topological polar surface area (TPSA) is 68.3 Å². The van der Waals surface area contributed by atoms with E-state index in [-0.39, 0.29) is 12.5 Å². The molecule has 0 unspecified atom stereocenters. The summed E-state index contributed by atoms with van der Waals surface area (Å²) < 4.78 is 6.25. The summed E-state index contributed by atoms with van der Waals surface area (Å²) in [6.45, 7) is 3.92. The maximum atomic E-state index is 12.6. The first-order chi connectivity index (χ1) is 15.1. The maximum absolute atomic E-state index is 12.6. The molecular formula is C24H20N2O3S2. The fourth-order valence-corrected chi connectivity index (χ4v) is 5.36. The van der Waals surface area contributed by atoms with Crippen LogP contribution in [0.25, 0.3) is 26.9 Å². The standard InChI is InChI=1S/C24H20N2O3S2/c1-3-29-24(28)21-15(2)20(22-25-17-11-7-8-12-18(17)30-22)23(31-21)26-19(27)14-13-16-9-5-4-6-10-16/h4-14H,3H2,1-2H3,(H,26,27)/b14-13+. The minimum Gasteiger partial charge on any atom is -0.462 e. The lowest BCUT2D eigenvalue weighted by Gasteiger charge is -2.03. The number of ether oxygens (including phenoxy) is 1. The third-order valence-electron chi connectivity index (χ3n) is 4.58. The molecule has 0 spiro atoms. The van der Waals surface area contributed by atoms with Gasteiger partial charge in [-0.2, -0.15) is 0 Å². The second kappa shape index (κ2) is 9.24. The average Bonchev–Trinajstić information content (AvgIpc) is 3.33. The first-order valence-electron chi connectivity index (χ1n) is 9.77. The SMILES string of the molecule is CCOC(=O)c1sc(NC(=O)/C=C/c2ccccc2)c(-c2nc3ccccc3s2)c1C. The zero-order chi connectivity index (χ0) is 21.8. The molecule has 0 fully saturated rings. The molecule has 0 aliphatic heterocycles. The van der Waals surface area contributed by atoms with Gasteiger partial charge < -0.3 is 10.1 Å². The van der Waals surface area contributed by atoms with E-state index in [9.17, 15) is 9.59 Å². The number of nitrogens with one attached hydrogen (secondary N) is 1. The number of hydrogen-bond donors (Lipinski definition) is 1. The molecule has 0 saturated heterocycles. The molecule has 4 rings (SSSR count). The summed E-state index contributed by atoms with van der Waals surface area (Å²) in [5.41, 5.74) is 3.33. The van der Waals surface area contributed by atoms with Gasteiger partial charge in [0.1, 0.15) is 14.9 Å². The van der Waals surface area contributed by atoms with E-state index in [4.69, 9.17) is 9.72 Å². The van der Waals surface area contributed by atoms with Gasteiger partial charge in [-0.25, -0.2) is 9.78 Å². The van der Waals surface area contributed by atoms with Crippen LogP contribution in [0.2, 0.25) is 0 Å². The Hall–Kier alpha value is -3.29. The lowest BCUT2D eigenvalue weighted by molar-refractivity contribution is -0.111. The minimum absolute atomic E-state index is 0.275. The first-order valence-corrected chi connectivity index (χ1v) is 11.4. The molecule has 0 aliphatic rings. The van der Waals surface area contributed by atoms with Gasteiger partial charge in [-0.3, -0.25) is 4.79 Å². The van der Waals surface area contributed by atoms with E-state index in [0.717, 1.165) is 31.9 Å². The van der Waals surface area contributed by atoms with Crippen LogP contribution in [0.5, 0.6) is 0 Å². The number of nitrogens with zero attached hydrogens (tertiary/aromatic N) is 1. The van der Waals surface area contributed by atoms with Gasteiger partial charge in [0.15, 0.2) is 0 Å². The highest BCUT2D eigenvalue weighted by Crippen LogP contribution is 2.43. The number of para-hydroxylation sites is 1. The Balaban J connectivity index is 1.71. The van der Waals surface area contributed by atoms with Crippen molar-refractivity contribution in [2.75, 3.05) is 11.9 Å². The van der Waals surface area contributed by atoms with Gasteiger partial charge in [-0.1, -0.05) is 42.5 Å². The third-order valence-corrected chi connectivity index (χ3v) is 6.82. The quantitative estimate of drug-likeness (QED) is 0.283. The monoisotopic (exact) mass is 448 g/mol. The van der Waals surface area contributed by atoms with Crippen LogP contribution in [0.15, 0.2) is 60.7 Å². The maximum Gasteiger partial charge on any atom is 0.348 e. The van der Waals surface area contributed by atoms with Gasteiger partial charge in [0.25, 0.3) is 0 Å². The molecule has 7 heteroatoms. The van der Waals surface area contributed by atoms with Crippen molar-refractivity contribution < 1.29 is 14.3 Å². The first kappa shape index (κ1) is 21.0. The van der Waals surface area contributed by atoms with Crippen LogP contribution in [-0.4, -0.2) is 23.5 Å². The minimum atomic E-state index is -0.396. The number of anilines is 1. The third kappa shape index (κ3) is 4.57. The number of carbonyl (C=O) groups excluding carboxylic acids is 2. The summed E-state index contributed by atoms with van der Waals surface area (Å²) in [7, 11) is 0. The Morgan fingerprint density at radius 2 is 1.81 bits per heavy atom. The van der Waals surface area contributed by atoms with Crippen LogP contribution in [-0.2, 0) is 9.53 Å². The molecule has 4 aromatic rings. The molecule has 0 bridgehead atoms. The Bertz CT molecular complexity index is 1240. The molecule has 156 valence electrons. The van der Waals surface area contributed by atoms with Gasteiger partial charge in [0.2, 0.25) is 5.91 Å². The molecule has 2 heterocycles. The Morgan fingerprint density at radius 3 is 2.55 bits per heavy atom. The lowest BCUT2D eigenvalue weighted by atomic mass is 10.1. The molecule has 2 aromatic carbocycles. The van der Waals surface area contributed by atoms with E-state index in [1.807, 2.05) is 61.5 Å². The molecule has 0 radical (unpaired) electrons. The summed E-state index contributed by atoms with van der Waals surface area (Å²) in [6.07, 6.45) is 3.23. The van der Waals surface area contributed by atoms with Gasteiger partial charge in [0, 0.05) is 11.6 Å². The normalized spacial score (nSPS) is 11.2. The van der Waals surface area contributed by atoms with Gasteiger partial charge >= 0.3 is 5.97 Å². The van der Waals surface area contributed by atoms with Crippen LogP contribution in [0, 0.1) is 6.92 Å². The van der Waals surface area contributed by atoms with Crippen molar-refractivity contribution in [1.29, 1.82) is 0 Å². The van der Waals surface area contributed by atoms with E-state index < -0.39 is 5.97 Å². The largest absolute Gasteiger partial charge is 0.462 e. The van der Waals surface area contributed by atoms with Crippen molar-refractivity contribution in [3.05, 3.63) is 76.7 Å². The number of benzene rings is 2. The Morgan fingerprint density at radius 1 is 1.06 bits per heavy atom. The summed E-state index contributed by atoms with van der Waals surface area (Å²) in [6, 6.07) is 17.4. The number of amides is 1. The molecule has 1 N–H and O–H groups in total. The van der Waals surface area contributed by atoms with E-state index >= 15 is 0 Å². The number of thiazole rings is 1. The van der Waals surface area contributed by atoms with Crippen molar-refractivity contribution in [3.63, 3.8) is 0 Å². The molecule has 0 aliphatic carbocycles. The second-order valence-corrected chi connectivity index (χ2v) is 8.75. The highest BCUT2D eigenvalue weighted by Gasteiger charge is 2.25. The van der Waals surface area contributed by atoms with Crippen LogP contribution >= 0.6 is 22.7 Å². The van der Waals surface area contributed by atoms with Crippen molar-refractivity contribution >= 4 is 55.8 Å². The number of aromatic nitrogens is 1. The van der Waals surface area contributed by atoms with E-state index in [0.29, 0.717) is 9.88 Å². The van der Waals surface area contributed by atoms with Crippen molar-refractivity contribution in [2.45, 2.75) is 13.8 Å². The number of carbonyl (C=O) groups is 2. The Labute approximate surface area is 188 Å². The summed E-state index contributed by atoms with van der Waals surface area (Å²) in [5, 5.41) is 4.28. The van der Waals surface area contributed by atoms with Crippen molar-refractivity contribution in [2.24, 2.45) is 0 Å². The molecule has 1 amide bonds. The smallest absolute Gasteiger partial charge is 0.348 e. The van der Waals surface area contributed by atoms with Gasteiger partial charge in [-0.05, 0) is 43.2 Å². The van der Waals surface area contributed by atoms with Crippen molar-refractivity contribution in [1.82, 2.24) is 4.98 Å². The number of hydrogen-bond acceptors (Lipinski definition) is 6. The predicted molar refractivity (Wildman–Crippen MR) is 128 cm³/mol. The Kier molecular flexibility index (Phi) is 6.25. The van der Waals surface area contributed by atoms with Crippen LogP contribution in [0.4, 0.5) is 5.00 Å². The number of thiophene rings is 1. The van der Waals surface area contributed by atoms with E-state index in [1.54, 1.807) is 13.0 Å². The van der Waals surface area contributed by atoms with Gasteiger partial charge in [0.05, 0.1) is 16.8 Å². The summed E-state index contributed by atoms with van der Waals surface area (Å²) in [4.78, 5) is 30.3. The van der Waals surface area contributed by atoms with Crippen LogP contribution in [0.3, 0.4) is 0 Å². The zero-order valence-corrected chi connectivity index (χ0v) is 18.7. The number of rotatable bonds is 6. The summed E-state index contributed by atoms with van der Waals surface area (Å²) >= 11 is 2.74. The molecular weight excluding hydrogens is 428 g/mol. The van der Waals surface area contributed by atoms with Crippen LogP contribution < -0.4 is 5.32 Å².